The van der Waals surface area contributed by atoms with Crippen molar-refractivity contribution < 1.29 is 4.79 Å². The van der Waals surface area contributed by atoms with Crippen molar-refractivity contribution in [2.24, 2.45) is 5.73 Å². The number of nitriles is 1. The van der Waals surface area contributed by atoms with Gasteiger partial charge in [0.25, 0.3) is 0 Å². The molecule has 0 amide bonds. The third kappa shape index (κ3) is 5.27. The third-order valence-electron chi connectivity index (χ3n) is 7.92. The monoisotopic (exact) mass is 533 g/mol. The Hall–Kier alpha value is -3.75. The van der Waals surface area contributed by atoms with Gasteiger partial charge in [-0.25, -0.2) is 0 Å². The van der Waals surface area contributed by atoms with Crippen LogP contribution in [0.3, 0.4) is 0 Å². The maximum absolute atomic E-state index is 13.6. The highest BCUT2D eigenvalue weighted by atomic mass is 32.2. The van der Waals surface area contributed by atoms with E-state index in [9.17, 15) is 10.1 Å². The average Bonchev–Trinajstić information content (AvgIpc) is 2.94. The topological polar surface area (TPSA) is 70.1 Å². The molecule has 0 saturated heterocycles. The lowest BCUT2D eigenvalue weighted by molar-refractivity contribution is -0.116. The molecule has 1 atom stereocenters. The van der Waals surface area contributed by atoms with Gasteiger partial charge in [-0.3, -0.25) is 9.69 Å². The van der Waals surface area contributed by atoms with Crippen molar-refractivity contribution in [1.29, 1.82) is 5.26 Å². The third-order valence-corrected chi connectivity index (χ3v) is 8.97. The van der Waals surface area contributed by atoms with E-state index in [1.165, 1.54) is 22.3 Å². The lowest BCUT2D eigenvalue weighted by Gasteiger charge is -2.40. The predicted octanol–water partition coefficient (Wildman–Crippen LogP) is 7.60. The summed E-state index contributed by atoms with van der Waals surface area (Å²) in [6.07, 6.45) is 3.00. The fraction of sp³-hybridized carbons (Fsp3) is 0.294. The molecule has 1 heterocycles. The number of nitrogens with two attached hydrogens (primary N) is 1. The number of rotatable bonds is 7. The van der Waals surface area contributed by atoms with E-state index < -0.39 is 5.92 Å². The van der Waals surface area contributed by atoms with Gasteiger partial charge in [0.2, 0.25) is 0 Å². The van der Waals surface area contributed by atoms with Gasteiger partial charge in [0.1, 0.15) is 5.82 Å². The van der Waals surface area contributed by atoms with Gasteiger partial charge in [-0.15, -0.1) is 0 Å². The number of ketones is 1. The largest absolute Gasteiger partial charge is 0.384 e. The number of anilines is 1. The number of hydrogen-bond acceptors (Lipinski definition) is 5. The van der Waals surface area contributed by atoms with E-state index in [2.05, 4.69) is 75.4 Å². The van der Waals surface area contributed by atoms with Crippen molar-refractivity contribution in [3.8, 4) is 6.07 Å². The lowest BCUT2D eigenvalue weighted by atomic mass is 9.74. The number of Topliss-reactive ketones (excluding diaryl/α,β-unsaturated/α-hetero) is 1. The molecule has 0 spiro atoms. The first-order valence-corrected chi connectivity index (χ1v) is 14.8. The van der Waals surface area contributed by atoms with Crippen LogP contribution in [0.5, 0.6) is 0 Å². The minimum Gasteiger partial charge on any atom is -0.384 e. The van der Waals surface area contributed by atoms with Crippen molar-refractivity contribution in [2.45, 2.75) is 63.9 Å². The van der Waals surface area contributed by atoms with Gasteiger partial charge in [-0.05, 0) is 78.6 Å². The lowest BCUT2D eigenvalue weighted by Crippen LogP contribution is -2.38. The average molecular weight is 534 g/mol. The molecular formula is C34H35N3OS. The van der Waals surface area contributed by atoms with Gasteiger partial charge in [-0.1, -0.05) is 61.5 Å². The van der Waals surface area contributed by atoms with Gasteiger partial charge in [-0.2, -0.15) is 17.0 Å². The molecule has 0 fully saturated rings. The minimum absolute atomic E-state index is 0.122. The van der Waals surface area contributed by atoms with Gasteiger partial charge < -0.3 is 5.73 Å². The number of nitrogens with zero attached hydrogens (tertiary/aromatic N) is 2. The highest BCUT2D eigenvalue weighted by Gasteiger charge is 2.41. The van der Waals surface area contributed by atoms with Crippen LogP contribution in [0, 0.1) is 25.2 Å². The van der Waals surface area contributed by atoms with Gasteiger partial charge in [0, 0.05) is 34.9 Å². The summed E-state index contributed by atoms with van der Waals surface area (Å²) in [6.45, 7) is 6.35. The van der Waals surface area contributed by atoms with Crippen LogP contribution in [0.25, 0.3) is 0 Å². The van der Waals surface area contributed by atoms with Crippen LogP contribution < -0.4 is 10.6 Å². The Morgan fingerprint density at radius 2 is 1.72 bits per heavy atom. The van der Waals surface area contributed by atoms with E-state index in [4.69, 9.17) is 5.73 Å². The van der Waals surface area contributed by atoms with E-state index in [0.29, 0.717) is 17.8 Å². The Bertz CT molecular complexity index is 1500. The molecule has 4 nitrogen and oxygen atoms in total. The number of aryl methyl sites for hydroxylation is 3. The molecule has 0 bridgehead atoms. The fourth-order valence-electron chi connectivity index (χ4n) is 5.81. The molecule has 0 radical (unpaired) electrons. The summed E-state index contributed by atoms with van der Waals surface area (Å²) in [4.78, 5) is 15.5. The fourth-order valence-corrected chi connectivity index (χ4v) is 6.87. The molecule has 5 rings (SSSR count). The van der Waals surface area contributed by atoms with Crippen molar-refractivity contribution in [3.05, 3.63) is 123 Å². The molecular weight excluding hydrogens is 498 g/mol. The van der Waals surface area contributed by atoms with Crippen LogP contribution in [0.1, 0.15) is 65.5 Å². The summed E-state index contributed by atoms with van der Waals surface area (Å²) in [6, 6.07) is 25.6. The van der Waals surface area contributed by atoms with Crippen LogP contribution in [-0.2, 0) is 22.7 Å². The van der Waals surface area contributed by atoms with Crippen molar-refractivity contribution in [2.75, 3.05) is 4.90 Å². The summed E-state index contributed by atoms with van der Waals surface area (Å²) in [5, 5.41) is 10.4. The van der Waals surface area contributed by atoms with Gasteiger partial charge in [0.15, 0.2) is 5.78 Å². The predicted molar refractivity (Wildman–Crippen MR) is 161 cm³/mol. The number of allylic oxidation sites excluding steroid dienone is 3. The highest BCUT2D eigenvalue weighted by Crippen LogP contribution is 2.47. The summed E-state index contributed by atoms with van der Waals surface area (Å²) in [5.74, 6) is 1.90. The quantitative estimate of drug-likeness (QED) is 0.339. The number of carbonyl (C=O) groups excluding carboxylic acids is 1. The first kappa shape index (κ1) is 26.8. The first-order chi connectivity index (χ1) is 18.9. The molecule has 198 valence electrons. The summed E-state index contributed by atoms with van der Waals surface area (Å²) < 4.78 is 0. The van der Waals surface area contributed by atoms with Crippen molar-refractivity contribution in [1.82, 2.24) is 0 Å². The zero-order chi connectivity index (χ0) is 27.5. The first-order valence-electron chi connectivity index (χ1n) is 13.7. The molecule has 2 N–H and O–H groups in total. The second kappa shape index (κ2) is 11.6. The van der Waals surface area contributed by atoms with Crippen LogP contribution in [-0.4, -0.2) is 5.78 Å². The summed E-state index contributed by atoms with van der Waals surface area (Å²) >= 11 is 1.88. The molecule has 1 unspecified atom stereocenters. The number of thioether (sulfide) groups is 1. The Morgan fingerprint density at radius 1 is 0.974 bits per heavy atom. The van der Waals surface area contributed by atoms with E-state index in [1.54, 1.807) is 0 Å². The maximum Gasteiger partial charge on any atom is 0.161 e. The molecule has 1 aliphatic carbocycles. The normalized spacial score (nSPS) is 17.3. The Balaban J connectivity index is 1.57. The smallest absolute Gasteiger partial charge is 0.161 e. The Kier molecular flexibility index (Phi) is 7.95. The molecule has 1 aliphatic heterocycles. The van der Waals surface area contributed by atoms with Crippen LogP contribution in [0.2, 0.25) is 0 Å². The van der Waals surface area contributed by atoms with E-state index in [-0.39, 0.29) is 5.78 Å². The van der Waals surface area contributed by atoms with Crippen LogP contribution in [0.4, 0.5) is 5.69 Å². The minimum atomic E-state index is -0.442. The second-order valence-electron chi connectivity index (χ2n) is 10.4. The SMILES string of the molecule is CCc1ccc(N2C(N)=C(C#N)C(c3cc(CSCc4ccccc4)c(C)cc3C)C3=C2CCCC3=O)cc1. The molecule has 39 heavy (non-hydrogen) atoms. The molecule has 0 saturated carbocycles. The van der Waals surface area contributed by atoms with Crippen LogP contribution >= 0.6 is 11.8 Å². The van der Waals surface area contributed by atoms with Gasteiger partial charge >= 0.3 is 0 Å². The van der Waals surface area contributed by atoms with Crippen molar-refractivity contribution >= 4 is 23.2 Å². The standard InChI is InChI=1S/C34H35N3OS/c1-4-24-13-15-27(16-14-24)37-30-11-8-12-31(38)33(30)32(29(19-35)34(37)36)28-18-26(22(2)17-23(28)3)21-39-20-25-9-6-5-7-10-25/h5-7,9-10,13-18,32H,4,8,11-12,20-21,36H2,1-3H3. The number of hydrogen-bond donors (Lipinski definition) is 1. The summed E-state index contributed by atoms with van der Waals surface area (Å²) in [7, 11) is 0. The Labute approximate surface area is 236 Å². The van der Waals surface area contributed by atoms with Crippen molar-refractivity contribution in [3.63, 3.8) is 0 Å². The van der Waals surface area contributed by atoms with Gasteiger partial charge in [0.05, 0.1) is 17.6 Å². The maximum atomic E-state index is 13.6. The summed E-state index contributed by atoms with van der Waals surface area (Å²) in [5.41, 5.74) is 16.9. The van der Waals surface area contributed by atoms with E-state index in [0.717, 1.165) is 58.9 Å². The number of benzene rings is 3. The number of carbonyl (C=O) groups is 1. The molecule has 2 aliphatic rings. The molecule has 0 aromatic heterocycles. The zero-order valence-electron chi connectivity index (χ0n) is 23.0. The molecule has 3 aromatic rings. The van der Waals surface area contributed by atoms with E-state index >= 15 is 0 Å². The zero-order valence-corrected chi connectivity index (χ0v) is 23.8. The molecule has 3 aromatic carbocycles. The Morgan fingerprint density at radius 3 is 2.41 bits per heavy atom. The second-order valence-corrected chi connectivity index (χ2v) is 11.4. The highest BCUT2D eigenvalue weighted by molar-refractivity contribution is 7.97. The molecule has 5 heteroatoms. The van der Waals surface area contributed by atoms with E-state index in [1.807, 2.05) is 34.9 Å². The van der Waals surface area contributed by atoms with Crippen LogP contribution in [0.15, 0.2) is 89.4 Å².